The van der Waals surface area contributed by atoms with E-state index in [0.29, 0.717) is 12.1 Å². The Labute approximate surface area is 66.6 Å². The fourth-order valence-corrected chi connectivity index (χ4v) is 1.66. The summed E-state index contributed by atoms with van der Waals surface area (Å²) in [6.45, 7) is 4.26. The lowest BCUT2D eigenvalue weighted by atomic mass is 10.1. The van der Waals surface area contributed by atoms with Gasteiger partial charge in [-0.2, -0.15) is 5.48 Å². The molecule has 0 spiro atoms. The molecule has 0 aromatic carbocycles. The molecule has 3 atom stereocenters. The van der Waals surface area contributed by atoms with E-state index in [1.165, 1.54) is 6.42 Å². The molecule has 0 aromatic rings. The average molecular weight is 157 g/mol. The summed E-state index contributed by atoms with van der Waals surface area (Å²) in [4.78, 5) is 5.35. The number of nitrogens with one attached hydrogen (secondary N) is 3. The van der Waals surface area contributed by atoms with Crippen LogP contribution < -0.4 is 16.1 Å². The van der Waals surface area contributed by atoms with E-state index in [1.54, 1.807) is 0 Å². The molecule has 0 aliphatic carbocycles. The van der Waals surface area contributed by atoms with Crippen LogP contribution in [0.4, 0.5) is 0 Å². The maximum absolute atomic E-state index is 5.35. The lowest BCUT2D eigenvalue weighted by molar-refractivity contribution is -0.00540. The quantitative estimate of drug-likeness (QED) is 0.475. The monoisotopic (exact) mass is 157 g/mol. The van der Waals surface area contributed by atoms with Gasteiger partial charge in [-0.05, 0) is 19.9 Å². The highest BCUT2D eigenvalue weighted by Gasteiger charge is 2.30. The summed E-state index contributed by atoms with van der Waals surface area (Å²) in [6, 6.07) is 0. The van der Waals surface area contributed by atoms with E-state index >= 15 is 0 Å². The predicted octanol–water partition coefficient (Wildman–Crippen LogP) is -0.608. The Morgan fingerprint density at radius 3 is 2.91 bits per heavy atom. The van der Waals surface area contributed by atoms with Crippen LogP contribution in [-0.4, -0.2) is 25.5 Å². The maximum Gasteiger partial charge on any atom is 0.135 e. The van der Waals surface area contributed by atoms with Crippen LogP contribution in [0.1, 0.15) is 13.3 Å². The van der Waals surface area contributed by atoms with E-state index in [2.05, 4.69) is 23.0 Å². The molecule has 3 N–H and O–H groups in total. The number of hydrogen-bond acceptors (Lipinski definition) is 4. The molecule has 0 aromatic heterocycles. The Bertz CT molecular complexity index is 136. The van der Waals surface area contributed by atoms with Crippen LogP contribution in [0, 0.1) is 5.92 Å². The Kier molecular flexibility index (Phi) is 2.09. The molecule has 2 saturated heterocycles. The van der Waals surface area contributed by atoms with Crippen molar-refractivity contribution >= 4 is 0 Å². The highest BCUT2D eigenvalue weighted by molar-refractivity contribution is 4.80. The van der Waals surface area contributed by atoms with Crippen molar-refractivity contribution in [3.63, 3.8) is 0 Å². The second kappa shape index (κ2) is 3.06. The Hall–Kier alpha value is -0.160. The Morgan fingerprint density at radius 1 is 1.45 bits per heavy atom. The zero-order valence-corrected chi connectivity index (χ0v) is 6.76. The molecule has 11 heavy (non-hydrogen) atoms. The van der Waals surface area contributed by atoms with Gasteiger partial charge in [-0.25, -0.2) is 0 Å². The summed E-state index contributed by atoms with van der Waals surface area (Å²) in [5, 5.41) is 6.64. The van der Waals surface area contributed by atoms with E-state index in [9.17, 15) is 0 Å². The molecular formula is C7H15N3O. The molecule has 0 saturated carbocycles. The molecular weight excluding hydrogens is 142 g/mol. The summed E-state index contributed by atoms with van der Waals surface area (Å²) in [7, 11) is 0. The largest absolute Gasteiger partial charge is 0.316 e. The van der Waals surface area contributed by atoms with Gasteiger partial charge in [0.05, 0.1) is 6.17 Å². The summed E-state index contributed by atoms with van der Waals surface area (Å²) < 4.78 is 0. The first-order valence-electron chi connectivity index (χ1n) is 4.24. The summed E-state index contributed by atoms with van der Waals surface area (Å²) in [5.41, 5.74) is 2.91. The fraction of sp³-hybridized carbons (Fsp3) is 1.00. The van der Waals surface area contributed by atoms with Crippen LogP contribution in [0.3, 0.4) is 0 Å². The van der Waals surface area contributed by atoms with Gasteiger partial charge in [-0.1, -0.05) is 0 Å². The second-order valence-electron chi connectivity index (χ2n) is 3.30. The summed E-state index contributed by atoms with van der Waals surface area (Å²) in [6.07, 6.45) is 1.71. The summed E-state index contributed by atoms with van der Waals surface area (Å²) >= 11 is 0. The van der Waals surface area contributed by atoms with Gasteiger partial charge in [0, 0.05) is 12.5 Å². The third-order valence-corrected chi connectivity index (χ3v) is 2.31. The molecule has 0 unspecified atom stereocenters. The first-order chi connectivity index (χ1) is 5.36. The van der Waals surface area contributed by atoms with Crippen molar-refractivity contribution in [3.05, 3.63) is 0 Å². The van der Waals surface area contributed by atoms with Crippen molar-refractivity contribution in [1.82, 2.24) is 16.1 Å². The van der Waals surface area contributed by atoms with Gasteiger partial charge in [-0.3, -0.25) is 10.2 Å². The normalized spacial score (nSPS) is 45.0. The minimum Gasteiger partial charge on any atom is -0.316 e. The van der Waals surface area contributed by atoms with Crippen molar-refractivity contribution in [3.8, 4) is 0 Å². The molecule has 4 heteroatoms. The SMILES string of the molecule is C[C@H]1NO[C@@H]([C@@H]2CCNC2)N1. The minimum absolute atomic E-state index is 0.208. The smallest absolute Gasteiger partial charge is 0.135 e. The number of rotatable bonds is 1. The molecule has 4 nitrogen and oxygen atoms in total. The van der Waals surface area contributed by atoms with E-state index in [0.717, 1.165) is 13.1 Å². The van der Waals surface area contributed by atoms with Gasteiger partial charge in [-0.15, -0.1) is 0 Å². The Balaban J connectivity index is 1.85. The molecule has 2 fully saturated rings. The van der Waals surface area contributed by atoms with Crippen LogP contribution in [0.15, 0.2) is 0 Å². The fourth-order valence-electron chi connectivity index (χ4n) is 1.66. The average Bonchev–Trinajstić information content (AvgIpc) is 2.55. The topological polar surface area (TPSA) is 45.3 Å². The zero-order valence-electron chi connectivity index (χ0n) is 6.76. The number of hydrogen-bond donors (Lipinski definition) is 3. The van der Waals surface area contributed by atoms with E-state index in [-0.39, 0.29) is 6.23 Å². The van der Waals surface area contributed by atoms with Gasteiger partial charge in [0.2, 0.25) is 0 Å². The van der Waals surface area contributed by atoms with E-state index < -0.39 is 0 Å². The number of hydroxylamine groups is 1. The van der Waals surface area contributed by atoms with Gasteiger partial charge in [0.1, 0.15) is 6.23 Å². The molecule has 64 valence electrons. The standard InChI is InChI=1S/C7H15N3O/c1-5-9-7(11-10-5)6-2-3-8-4-6/h5-10H,2-4H2,1H3/t5-,6-,7+/m1/s1. The van der Waals surface area contributed by atoms with E-state index in [4.69, 9.17) is 4.84 Å². The lowest BCUT2D eigenvalue weighted by Crippen LogP contribution is -2.36. The van der Waals surface area contributed by atoms with Crippen molar-refractivity contribution in [2.45, 2.75) is 25.7 Å². The minimum atomic E-state index is 0.208. The predicted molar refractivity (Wildman–Crippen MR) is 41.6 cm³/mol. The molecule has 2 aliphatic heterocycles. The van der Waals surface area contributed by atoms with Crippen LogP contribution in [-0.2, 0) is 4.84 Å². The highest BCUT2D eigenvalue weighted by Crippen LogP contribution is 2.15. The van der Waals surface area contributed by atoms with Crippen LogP contribution >= 0.6 is 0 Å². The maximum atomic E-state index is 5.35. The molecule has 2 rings (SSSR count). The molecule has 2 aliphatic rings. The van der Waals surface area contributed by atoms with Crippen molar-refractivity contribution in [2.24, 2.45) is 5.92 Å². The second-order valence-corrected chi connectivity index (χ2v) is 3.30. The van der Waals surface area contributed by atoms with E-state index in [1.807, 2.05) is 0 Å². The molecule has 0 amide bonds. The van der Waals surface area contributed by atoms with Crippen LogP contribution in [0.2, 0.25) is 0 Å². The van der Waals surface area contributed by atoms with Gasteiger partial charge >= 0.3 is 0 Å². The molecule has 0 bridgehead atoms. The molecule has 0 radical (unpaired) electrons. The first-order valence-corrected chi connectivity index (χ1v) is 4.24. The zero-order chi connectivity index (χ0) is 7.68. The Morgan fingerprint density at radius 2 is 2.36 bits per heavy atom. The van der Waals surface area contributed by atoms with Crippen molar-refractivity contribution < 1.29 is 4.84 Å². The van der Waals surface area contributed by atoms with Crippen LogP contribution in [0.25, 0.3) is 0 Å². The lowest BCUT2D eigenvalue weighted by Gasteiger charge is -2.14. The highest BCUT2D eigenvalue weighted by atomic mass is 16.7. The van der Waals surface area contributed by atoms with Crippen molar-refractivity contribution in [1.29, 1.82) is 0 Å². The molecule has 2 heterocycles. The third kappa shape index (κ3) is 1.54. The van der Waals surface area contributed by atoms with Gasteiger partial charge in [0.25, 0.3) is 0 Å². The van der Waals surface area contributed by atoms with Gasteiger partial charge < -0.3 is 5.32 Å². The summed E-state index contributed by atoms with van der Waals surface area (Å²) in [5.74, 6) is 0.632. The van der Waals surface area contributed by atoms with Crippen molar-refractivity contribution in [2.75, 3.05) is 13.1 Å². The first kappa shape index (κ1) is 7.49. The third-order valence-electron chi connectivity index (χ3n) is 2.31. The van der Waals surface area contributed by atoms with Gasteiger partial charge in [0.15, 0.2) is 0 Å². The van der Waals surface area contributed by atoms with Crippen LogP contribution in [0.5, 0.6) is 0 Å².